The molecular formula is C22H29NO7S. The van der Waals surface area contributed by atoms with Crippen LogP contribution in [-0.2, 0) is 25.5 Å². The van der Waals surface area contributed by atoms with Gasteiger partial charge in [-0.05, 0) is 30.2 Å². The van der Waals surface area contributed by atoms with E-state index in [4.69, 9.17) is 9.47 Å². The molecule has 8 nitrogen and oxygen atoms in total. The third-order valence-corrected chi connectivity index (χ3v) is 6.76. The molecule has 1 amide bonds. The number of benzene rings is 1. The van der Waals surface area contributed by atoms with Crippen molar-refractivity contribution in [3.63, 3.8) is 0 Å². The van der Waals surface area contributed by atoms with Gasteiger partial charge in [0.2, 0.25) is 5.91 Å². The number of aliphatic hydroxyl groups is 1. The van der Waals surface area contributed by atoms with E-state index in [1.54, 1.807) is 18.4 Å². The van der Waals surface area contributed by atoms with Crippen LogP contribution in [0, 0.1) is 11.8 Å². The maximum absolute atomic E-state index is 12.7. The number of carbonyl (C=O) groups is 3. The smallest absolute Gasteiger partial charge is 0.342 e. The number of aromatic hydroxyl groups is 1. The number of thioether (sulfide) groups is 1. The van der Waals surface area contributed by atoms with Crippen molar-refractivity contribution in [2.24, 2.45) is 11.8 Å². The van der Waals surface area contributed by atoms with Crippen LogP contribution in [0.2, 0.25) is 0 Å². The minimum absolute atomic E-state index is 0.0920. The second-order valence-corrected chi connectivity index (χ2v) is 9.46. The average Bonchev–Trinajstić information content (AvgIpc) is 3.07. The van der Waals surface area contributed by atoms with E-state index in [1.165, 1.54) is 17.8 Å². The van der Waals surface area contributed by atoms with E-state index in [2.05, 4.69) is 5.32 Å². The molecule has 0 saturated carbocycles. The molecule has 2 heterocycles. The lowest BCUT2D eigenvalue weighted by atomic mass is 9.90. The number of hydrogen-bond donors (Lipinski definition) is 3. The summed E-state index contributed by atoms with van der Waals surface area (Å²) >= 11 is 1.30. The van der Waals surface area contributed by atoms with Gasteiger partial charge in [0.1, 0.15) is 22.7 Å². The fourth-order valence-corrected chi connectivity index (χ4v) is 5.07. The normalized spacial score (nSPS) is 24.9. The standard InChI is InChI=1S/C22H29NO7S/c1-11(2)7-14(17-8-12-5-4-6-15(24)19(12)21(27)30-17)23-18(26)9-16(25)13-10-29-22(28)20(13)31-3/h4-6,11,13-14,16-17,20,24-25H,7-10H2,1-3H3,(H,23,26). The van der Waals surface area contributed by atoms with E-state index in [-0.39, 0.29) is 42.1 Å². The topological polar surface area (TPSA) is 122 Å². The Bertz CT molecular complexity index is 843. The van der Waals surface area contributed by atoms with Crippen LogP contribution in [0.15, 0.2) is 18.2 Å². The summed E-state index contributed by atoms with van der Waals surface area (Å²) in [6.45, 7) is 4.10. The minimum atomic E-state index is -1.02. The Hall–Kier alpha value is -2.26. The van der Waals surface area contributed by atoms with Crippen molar-refractivity contribution in [1.29, 1.82) is 0 Å². The first-order valence-corrected chi connectivity index (χ1v) is 11.7. The number of hydrogen-bond acceptors (Lipinski definition) is 8. The Morgan fingerprint density at radius 2 is 2.06 bits per heavy atom. The number of cyclic esters (lactones) is 2. The Balaban J connectivity index is 1.68. The molecule has 170 valence electrons. The van der Waals surface area contributed by atoms with Crippen molar-refractivity contribution in [3.8, 4) is 5.75 Å². The highest BCUT2D eigenvalue weighted by Crippen LogP contribution is 2.31. The van der Waals surface area contributed by atoms with Gasteiger partial charge < -0.3 is 25.0 Å². The molecule has 1 aromatic carbocycles. The largest absolute Gasteiger partial charge is 0.507 e. The van der Waals surface area contributed by atoms with E-state index in [1.807, 2.05) is 13.8 Å². The van der Waals surface area contributed by atoms with Crippen LogP contribution in [0.25, 0.3) is 0 Å². The van der Waals surface area contributed by atoms with Crippen LogP contribution in [0.4, 0.5) is 0 Å². The van der Waals surface area contributed by atoms with Gasteiger partial charge in [0.05, 0.1) is 25.2 Å². The molecule has 0 aliphatic carbocycles. The summed E-state index contributed by atoms with van der Waals surface area (Å²) in [6.07, 6.45) is 0.936. The number of phenolic OH excluding ortho intramolecular Hbond substituents is 1. The molecule has 5 unspecified atom stereocenters. The highest BCUT2D eigenvalue weighted by Gasteiger charge is 2.42. The molecule has 0 radical (unpaired) electrons. The number of nitrogens with one attached hydrogen (secondary N) is 1. The number of carbonyl (C=O) groups excluding carboxylic acids is 3. The minimum Gasteiger partial charge on any atom is -0.507 e. The van der Waals surface area contributed by atoms with Gasteiger partial charge in [-0.25, -0.2) is 4.79 Å². The van der Waals surface area contributed by atoms with E-state index in [0.29, 0.717) is 18.4 Å². The number of aliphatic hydroxyl groups excluding tert-OH is 1. The molecule has 9 heteroatoms. The zero-order valence-corrected chi connectivity index (χ0v) is 18.7. The second kappa shape index (κ2) is 9.91. The summed E-state index contributed by atoms with van der Waals surface area (Å²) in [6, 6.07) is 4.43. The maximum Gasteiger partial charge on any atom is 0.342 e. The predicted octanol–water partition coefficient (Wildman–Crippen LogP) is 1.66. The Morgan fingerprint density at radius 3 is 2.74 bits per heavy atom. The molecule has 31 heavy (non-hydrogen) atoms. The SMILES string of the molecule is CSC1C(=O)OCC1C(O)CC(=O)NC(CC(C)C)C1Cc2cccc(O)c2C(=O)O1. The zero-order valence-electron chi connectivity index (χ0n) is 17.9. The van der Waals surface area contributed by atoms with Gasteiger partial charge in [0.15, 0.2) is 0 Å². The summed E-state index contributed by atoms with van der Waals surface area (Å²) in [5.41, 5.74) is 0.839. The monoisotopic (exact) mass is 451 g/mol. The van der Waals surface area contributed by atoms with Gasteiger partial charge in [0.25, 0.3) is 0 Å². The summed E-state index contributed by atoms with van der Waals surface area (Å²) in [7, 11) is 0. The van der Waals surface area contributed by atoms with Crippen LogP contribution in [0.3, 0.4) is 0 Å². The molecule has 2 aliphatic rings. The second-order valence-electron chi connectivity index (χ2n) is 8.48. The molecule has 1 saturated heterocycles. The molecule has 3 rings (SSSR count). The molecule has 1 aromatic rings. The zero-order chi connectivity index (χ0) is 22.7. The molecule has 2 aliphatic heterocycles. The molecular weight excluding hydrogens is 422 g/mol. The van der Waals surface area contributed by atoms with Crippen LogP contribution in [0.5, 0.6) is 5.75 Å². The lowest BCUT2D eigenvalue weighted by Crippen LogP contribution is -2.49. The van der Waals surface area contributed by atoms with Crippen molar-refractivity contribution in [1.82, 2.24) is 5.32 Å². The maximum atomic E-state index is 12.7. The number of fused-ring (bicyclic) bond motifs is 1. The molecule has 5 atom stereocenters. The van der Waals surface area contributed by atoms with Gasteiger partial charge in [-0.3, -0.25) is 9.59 Å². The lowest BCUT2D eigenvalue weighted by Gasteiger charge is -2.33. The fraction of sp³-hybridized carbons (Fsp3) is 0.591. The van der Waals surface area contributed by atoms with Gasteiger partial charge >= 0.3 is 11.9 Å². The first-order chi connectivity index (χ1) is 14.7. The Kier molecular flexibility index (Phi) is 7.48. The summed E-state index contributed by atoms with van der Waals surface area (Å²) in [5, 5.41) is 22.9. The summed E-state index contributed by atoms with van der Waals surface area (Å²) in [5.74, 6) is -1.71. The number of phenols is 1. The number of esters is 2. The summed E-state index contributed by atoms with van der Waals surface area (Å²) < 4.78 is 10.6. The quantitative estimate of drug-likeness (QED) is 0.510. The highest BCUT2D eigenvalue weighted by atomic mass is 32.2. The van der Waals surface area contributed by atoms with Crippen LogP contribution in [0.1, 0.15) is 42.6 Å². The third-order valence-electron chi connectivity index (χ3n) is 5.71. The van der Waals surface area contributed by atoms with Gasteiger partial charge in [0, 0.05) is 12.3 Å². The van der Waals surface area contributed by atoms with Crippen molar-refractivity contribution in [2.45, 2.75) is 56.6 Å². The molecule has 0 bridgehead atoms. The fourth-order valence-electron chi connectivity index (χ4n) is 4.20. The number of amides is 1. The van der Waals surface area contributed by atoms with Crippen molar-refractivity contribution in [2.75, 3.05) is 12.9 Å². The van der Waals surface area contributed by atoms with Gasteiger partial charge in [-0.15, -0.1) is 11.8 Å². The van der Waals surface area contributed by atoms with E-state index < -0.39 is 35.4 Å². The predicted molar refractivity (Wildman–Crippen MR) is 115 cm³/mol. The van der Waals surface area contributed by atoms with Crippen LogP contribution < -0.4 is 5.32 Å². The van der Waals surface area contributed by atoms with Crippen molar-refractivity contribution >= 4 is 29.6 Å². The molecule has 0 spiro atoms. The first kappa shape index (κ1) is 23.4. The molecule has 0 aromatic heterocycles. The third kappa shape index (κ3) is 5.33. The van der Waals surface area contributed by atoms with E-state index in [9.17, 15) is 24.6 Å². The van der Waals surface area contributed by atoms with Crippen LogP contribution in [-0.4, -0.2) is 64.4 Å². The molecule has 1 fully saturated rings. The van der Waals surface area contributed by atoms with Crippen molar-refractivity contribution < 1.29 is 34.1 Å². The Labute approximate surface area is 185 Å². The number of rotatable bonds is 8. The van der Waals surface area contributed by atoms with Gasteiger partial charge in [-0.2, -0.15) is 0 Å². The van der Waals surface area contributed by atoms with Crippen LogP contribution >= 0.6 is 11.8 Å². The highest BCUT2D eigenvalue weighted by molar-refractivity contribution is 7.99. The lowest BCUT2D eigenvalue weighted by molar-refractivity contribution is -0.137. The van der Waals surface area contributed by atoms with Crippen molar-refractivity contribution in [3.05, 3.63) is 29.3 Å². The van der Waals surface area contributed by atoms with E-state index in [0.717, 1.165) is 0 Å². The summed E-state index contributed by atoms with van der Waals surface area (Å²) in [4.78, 5) is 36.9. The number of ether oxygens (including phenoxy) is 2. The first-order valence-electron chi connectivity index (χ1n) is 10.4. The Morgan fingerprint density at radius 1 is 1.32 bits per heavy atom. The van der Waals surface area contributed by atoms with Gasteiger partial charge in [-0.1, -0.05) is 26.0 Å². The van der Waals surface area contributed by atoms with E-state index >= 15 is 0 Å². The average molecular weight is 452 g/mol. The molecule has 3 N–H and O–H groups in total.